The summed E-state index contributed by atoms with van der Waals surface area (Å²) in [4.78, 5) is 0. The molecule has 0 nitrogen and oxygen atoms in total. The van der Waals surface area contributed by atoms with Gasteiger partial charge in [0.05, 0.1) is 5.41 Å². The Morgan fingerprint density at radius 3 is 1.94 bits per heavy atom. The SMILES string of the molecule is ClC1=CCC(c2ccc3c(c2)-c2ccccc2C3(c2ccccc2)c2ccccc2)C=C1. The van der Waals surface area contributed by atoms with Crippen LogP contribution >= 0.6 is 11.6 Å². The number of allylic oxidation sites excluding steroid dienone is 4. The van der Waals surface area contributed by atoms with E-state index < -0.39 is 0 Å². The van der Waals surface area contributed by atoms with Gasteiger partial charge in [-0.1, -0.05) is 127 Å². The van der Waals surface area contributed by atoms with Crippen LogP contribution in [0, 0.1) is 0 Å². The van der Waals surface area contributed by atoms with Gasteiger partial charge in [-0.2, -0.15) is 0 Å². The number of benzene rings is 4. The van der Waals surface area contributed by atoms with E-state index in [9.17, 15) is 0 Å². The second-order valence-electron chi connectivity index (χ2n) is 8.62. The van der Waals surface area contributed by atoms with E-state index >= 15 is 0 Å². The first-order valence-corrected chi connectivity index (χ1v) is 11.6. The minimum absolute atomic E-state index is 0.321. The van der Waals surface area contributed by atoms with E-state index in [1.165, 1.54) is 38.9 Å². The molecule has 0 saturated heterocycles. The Morgan fingerprint density at radius 1 is 0.656 bits per heavy atom. The maximum atomic E-state index is 6.18. The number of hydrogen-bond donors (Lipinski definition) is 0. The summed E-state index contributed by atoms with van der Waals surface area (Å²) in [5.41, 5.74) is 8.99. The van der Waals surface area contributed by atoms with E-state index in [0.29, 0.717) is 5.92 Å². The summed E-state index contributed by atoms with van der Waals surface area (Å²) in [6, 6.07) is 37.9. The van der Waals surface area contributed by atoms with Gasteiger partial charge in [-0.25, -0.2) is 0 Å². The molecule has 0 amide bonds. The molecule has 0 heterocycles. The van der Waals surface area contributed by atoms with E-state index in [1.807, 2.05) is 6.08 Å². The summed E-state index contributed by atoms with van der Waals surface area (Å²) in [6.07, 6.45) is 7.31. The zero-order valence-corrected chi connectivity index (χ0v) is 18.5. The molecule has 0 saturated carbocycles. The molecular weight excluding hydrogens is 408 g/mol. The summed E-state index contributed by atoms with van der Waals surface area (Å²) >= 11 is 6.18. The molecule has 4 aromatic carbocycles. The van der Waals surface area contributed by atoms with Crippen LogP contribution in [0.3, 0.4) is 0 Å². The van der Waals surface area contributed by atoms with Crippen LogP contribution in [-0.4, -0.2) is 0 Å². The Labute approximate surface area is 194 Å². The Kier molecular flexibility index (Phi) is 4.63. The fourth-order valence-electron chi connectivity index (χ4n) is 5.54. The molecule has 0 aromatic heterocycles. The molecular formula is C31H23Cl. The van der Waals surface area contributed by atoms with Crippen LogP contribution < -0.4 is 0 Å². The highest BCUT2D eigenvalue weighted by Crippen LogP contribution is 2.56. The lowest BCUT2D eigenvalue weighted by Crippen LogP contribution is -2.28. The molecule has 2 aliphatic rings. The smallest absolute Gasteiger partial charge is 0.0713 e. The van der Waals surface area contributed by atoms with Gasteiger partial charge in [-0.3, -0.25) is 0 Å². The molecule has 0 spiro atoms. The van der Waals surface area contributed by atoms with Crippen molar-refractivity contribution in [3.8, 4) is 11.1 Å². The van der Waals surface area contributed by atoms with E-state index in [2.05, 4.69) is 115 Å². The fraction of sp³-hybridized carbons (Fsp3) is 0.0968. The lowest BCUT2D eigenvalue weighted by atomic mass is 9.67. The van der Waals surface area contributed by atoms with Crippen LogP contribution in [-0.2, 0) is 5.41 Å². The number of rotatable bonds is 3. The molecule has 1 atom stereocenters. The molecule has 4 aromatic rings. The van der Waals surface area contributed by atoms with Gasteiger partial charge >= 0.3 is 0 Å². The van der Waals surface area contributed by atoms with Crippen molar-refractivity contribution < 1.29 is 0 Å². The van der Waals surface area contributed by atoms with Crippen molar-refractivity contribution in [2.45, 2.75) is 17.8 Å². The maximum Gasteiger partial charge on any atom is 0.0713 e. The third-order valence-electron chi connectivity index (χ3n) is 6.97. The topological polar surface area (TPSA) is 0 Å². The second kappa shape index (κ2) is 7.65. The van der Waals surface area contributed by atoms with E-state index in [4.69, 9.17) is 11.6 Å². The average Bonchev–Trinajstić information content (AvgIpc) is 3.16. The second-order valence-corrected chi connectivity index (χ2v) is 9.06. The Morgan fingerprint density at radius 2 is 1.28 bits per heavy atom. The van der Waals surface area contributed by atoms with Crippen molar-refractivity contribution in [1.29, 1.82) is 0 Å². The first-order valence-electron chi connectivity index (χ1n) is 11.2. The van der Waals surface area contributed by atoms with Crippen LogP contribution in [0.15, 0.2) is 126 Å². The predicted octanol–water partition coefficient (Wildman–Crippen LogP) is 8.22. The zero-order valence-electron chi connectivity index (χ0n) is 17.7. The van der Waals surface area contributed by atoms with E-state index in [-0.39, 0.29) is 5.41 Å². The predicted molar refractivity (Wildman–Crippen MR) is 134 cm³/mol. The monoisotopic (exact) mass is 430 g/mol. The normalized spacial score (nSPS) is 18.0. The van der Waals surface area contributed by atoms with Crippen molar-refractivity contribution in [2.75, 3.05) is 0 Å². The Balaban J connectivity index is 1.64. The summed E-state index contributed by atoms with van der Waals surface area (Å²) in [5, 5.41) is 0.833. The van der Waals surface area contributed by atoms with Gasteiger partial charge < -0.3 is 0 Å². The van der Waals surface area contributed by atoms with Gasteiger partial charge in [0.15, 0.2) is 0 Å². The third-order valence-corrected chi connectivity index (χ3v) is 7.25. The van der Waals surface area contributed by atoms with Gasteiger partial charge in [0.2, 0.25) is 0 Å². The molecule has 0 bridgehead atoms. The van der Waals surface area contributed by atoms with Crippen molar-refractivity contribution in [2.24, 2.45) is 0 Å². The van der Waals surface area contributed by atoms with Crippen LogP contribution in [0.5, 0.6) is 0 Å². The van der Waals surface area contributed by atoms with E-state index in [0.717, 1.165) is 11.5 Å². The maximum absolute atomic E-state index is 6.18. The van der Waals surface area contributed by atoms with Gasteiger partial charge in [0.25, 0.3) is 0 Å². The number of fused-ring (bicyclic) bond motifs is 3. The quantitative estimate of drug-likeness (QED) is 0.270. The first kappa shape index (κ1) is 19.3. The van der Waals surface area contributed by atoms with Crippen LogP contribution in [0.25, 0.3) is 11.1 Å². The Hall–Kier alpha value is -3.35. The lowest BCUT2D eigenvalue weighted by Gasteiger charge is -2.34. The summed E-state index contributed by atoms with van der Waals surface area (Å²) in [6.45, 7) is 0. The lowest BCUT2D eigenvalue weighted by molar-refractivity contribution is 0.766. The number of hydrogen-bond acceptors (Lipinski definition) is 0. The molecule has 0 radical (unpaired) electrons. The van der Waals surface area contributed by atoms with Crippen molar-refractivity contribution in [1.82, 2.24) is 0 Å². The highest BCUT2D eigenvalue weighted by Gasteiger charge is 2.45. The molecule has 32 heavy (non-hydrogen) atoms. The minimum Gasteiger partial charge on any atom is -0.0847 e. The molecule has 1 unspecified atom stereocenters. The summed E-state index contributed by atoms with van der Waals surface area (Å²) in [5.74, 6) is 0.360. The van der Waals surface area contributed by atoms with Gasteiger partial charge in [-0.05, 0) is 51.4 Å². The minimum atomic E-state index is -0.321. The van der Waals surface area contributed by atoms with Crippen LogP contribution in [0.2, 0.25) is 0 Å². The van der Waals surface area contributed by atoms with Crippen LogP contribution in [0.1, 0.15) is 40.2 Å². The van der Waals surface area contributed by atoms with Crippen molar-refractivity contribution >= 4 is 11.6 Å². The van der Waals surface area contributed by atoms with Crippen LogP contribution in [0.4, 0.5) is 0 Å². The average molecular weight is 431 g/mol. The first-order chi connectivity index (χ1) is 15.8. The molecule has 0 N–H and O–H groups in total. The van der Waals surface area contributed by atoms with Crippen molar-refractivity contribution in [3.63, 3.8) is 0 Å². The van der Waals surface area contributed by atoms with E-state index in [1.54, 1.807) is 0 Å². The third kappa shape index (κ3) is 2.83. The number of halogens is 1. The van der Waals surface area contributed by atoms with Gasteiger partial charge in [0.1, 0.15) is 0 Å². The molecule has 2 aliphatic carbocycles. The molecule has 1 heteroatoms. The van der Waals surface area contributed by atoms with Crippen molar-refractivity contribution in [3.05, 3.63) is 154 Å². The molecule has 0 aliphatic heterocycles. The highest BCUT2D eigenvalue weighted by atomic mass is 35.5. The summed E-state index contributed by atoms with van der Waals surface area (Å²) < 4.78 is 0. The largest absolute Gasteiger partial charge is 0.0847 e. The standard InChI is InChI=1S/C31H23Cl/c32-26-18-15-22(16-19-26)23-17-20-30-28(21-23)27-13-7-8-14-29(27)31(30,24-9-3-1-4-10-24)25-11-5-2-6-12-25/h1-15,17-22H,16H2. The fourth-order valence-corrected chi connectivity index (χ4v) is 5.70. The van der Waals surface area contributed by atoms with Gasteiger partial charge in [0, 0.05) is 11.0 Å². The zero-order chi connectivity index (χ0) is 21.5. The molecule has 6 rings (SSSR count). The molecule has 0 fully saturated rings. The van der Waals surface area contributed by atoms with Gasteiger partial charge in [-0.15, -0.1) is 0 Å². The highest BCUT2D eigenvalue weighted by molar-refractivity contribution is 6.31. The molecule has 154 valence electrons. The Bertz CT molecular complexity index is 1310. The summed E-state index contributed by atoms with van der Waals surface area (Å²) in [7, 11) is 0.